The summed E-state index contributed by atoms with van der Waals surface area (Å²) >= 11 is 0. The number of nitrogens with one attached hydrogen (secondary N) is 1. The number of imide groups is 1. The molecule has 2 amide bonds. The molecule has 114 valence electrons. The van der Waals surface area contributed by atoms with E-state index in [-0.39, 0.29) is 11.4 Å². The third kappa shape index (κ3) is 2.96. The molecule has 23 heavy (non-hydrogen) atoms. The highest BCUT2D eigenvalue weighted by atomic mass is 16.2. The predicted octanol–water partition coefficient (Wildman–Crippen LogP) is 2.02. The predicted molar refractivity (Wildman–Crippen MR) is 86.2 cm³/mol. The SMILES string of the molecule is Nc1c(C(=O)NC(=O)c2ccccc2)cnn1-c1ccccc1. The molecule has 0 bridgehead atoms. The van der Waals surface area contributed by atoms with E-state index in [0.29, 0.717) is 5.56 Å². The molecule has 3 N–H and O–H groups in total. The molecular weight excluding hydrogens is 292 g/mol. The molecule has 0 spiro atoms. The Balaban J connectivity index is 1.81. The van der Waals surface area contributed by atoms with Gasteiger partial charge in [-0.1, -0.05) is 36.4 Å². The van der Waals surface area contributed by atoms with Gasteiger partial charge in [0, 0.05) is 5.56 Å². The summed E-state index contributed by atoms with van der Waals surface area (Å²) in [5.74, 6) is -0.893. The Labute approximate surface area is 132 Å². The van der Waals surface area contributed by atoms with E-state index in [1.807, 2.05) is 30.3 Å². The lowest BCUT2D eigenvalue weighted by atomic mass is 10.2. The van der Waals surface area contributed by atoms with Crippen molar-refractivity contribution < 1.29 is 9.59 Å². The van der Waals surface area contributed by atoms with Gasteiger partial charge in [-0.15, -0.1) is 0 Å². The highest BCUT2D eigenvalue weighted by Gasteiger charge is 2.18. The molecule has 1 heterocycles. The van der Waals surface area contributed by atoms with Crippen molar-refractivity contribution in [3.05, 3.63) is 78.0 Å². The van der Waals surface area contributed by atoms with Crippen molar-refractivity contribution in [1.29, 1.82) is 0 Å². The molecule has 0 aliphatic carbocycles. The van der Waals surface area contributed by atoms with Gasteiger partial charge in [0.2, 0.25) is 0 Å². The number of carbonyl (C=O) groups is 2. The van der Waals surface area contributed by atoms with Gasteiger partial charge >= 0.3 is 0 Å². The van der Waals surface area contributed by atoms with Gasteiger partial charge in [0.15, 0.2) is 0 Å². The van der Waals surface area contributed by atoms with Gasteiger partial charge in [0.25, 0.3) is 11.8 Å². The van der Waals surface area contributed by atoms with Crippen LogP contribution in [0.2, 0.25) is 0 Å². The number of rotatable bonds is 3. The van der Waals surface area contributed by atoms with Gasteiger partial charge in [-0.3, -0.25) is 14.9 Å². The van der Waals surface area contributed by atoms with Crippen LogP contribution in [-0.2, 0) is 0 Å². The maximum absolute atomic E-state index is 12.2. The van der Waals surface area contributed by atoms with Crippen molar-refractivity contribution >= 4 is 17.6 Å². The molecule has 0 saturated heterocycles. The van der Waals surface area contributed by atoms with Crippen molar-refractivity contribution in [2.24, 2.45) is 0 Å². The van der Waals surface area contributed by atoms with Crippen LogP contribution in [0, 0.1) is 0 Å². The minimum absolute atomic E-state index is 0.151. The van der Waals surface area contributed by atoms with Crippen molar-refractivity contribution in [1.82, 2.24) is 15.1 Å². The number of benzene rings is 2. The van der Waals surface area contributed by atoms with E-state index in [1.165, 1.54) is 10.9 Å². The number of hydrogen-bond acceptors (Lipinski definition) is 4. The van der Waals surface area contributed by atoms with E-state index < -0.39 is 11.8 Å². The second kappa shape index (κ2) is 6.15. The smallest absolute Gasteiger partial charge is 0.263 e. The third-order valence-corrected chi connectivity index (χ3v) is 3.31. The first-order chi connectivity index (χ1) is 11.2. The van der Waals surface area contributed by atoms with Gasteiger partial charge in [0.1, 0.15) is 11.4 Å². The molecule has 6 heteroatoms. The van der Waals surface area contributed by atoms with Gasteiger partial charge < -0.3 is 5.73 Å². The maximum Gasteiger partial charge on any atom is 0.263 e. The summed E-state index contributed by atoms with van der Waals surface area (Å²) in [6.45, 7) is 0. The number of para-hydroxylation sites is 1. The molecule has 3 rings (SSSR count). The monoisotopic (exact) mass is 306 g/mol. The van der Waals surface area contributed by atoms with E-state index in [1.54, 1.807) is 30.3 Å². The van der Waals surface area contributed by atoms with Crippen molar-refractivity contribution in [3.8, 4) is 5.69 Å². The highest BCUT2D eigenvalue weighted by molar-refractivity contribution is 6.11. The number of aromatic nitrogens is 2. The quantitative estimate of drug-likeness (QED) is 0.724. The topological polar surface area (TPSA) is 90.0 Å². The fraction of sp³-hybridized carbons (Fsp3) is 0. The normalized spacial score (nSPS) is 10.3. The molecule has 0 saturated carbocycles. The van der Waals surface area contributed by atoms with E-state index in [0.717, 1.165) is 5.69 Å². The number of nitrogens with two attached hydrogens (primary N) is 1. The van der Waals surface area contributed by atoms with Crippen molar-refractivity contribution in [2.75, 3.05) is 5.73 Å². The summed E-state index contributed by atoms with van der Waals surface area (Å²) in [5, 5.41) is 6.41. The van der Waals surface area contributed by atoms with Crippen LogP contribution in [0.4, 0.5) is 5.82 Å². The van der Waals surface area contributed by atoms with Crippen molar-refractivity contribution in [2.45, 2.75) is 0 Å². The Morgan fingerprint density at radius 2 is 1.52 bits per heavy atom. The third-order valence-electron chi connectivity index (χ3n) is 3.31. The first kappa shape index (κ1) is 14.5. The lowest BCUT2D eigenvalue weighted by Crippen LogP contribution is -2.30. The number of amides is 2. The summed E-state index contributed by atoms with van der Waals surface area (Å²) in [7, 11) is 0. The van der Waals surface area contributed by atoms with Gasteiger partial charge in [-0.05, 0) is 24.3 Å². The van der Waals surface area contributed by atoms with E-state index in [9.17, 15) is 9.59 Å². The molecule has 0 fully saturated rings. The first-order valence-corrected chi connectivity index (χ1v) is 6.96. The van der Waals surface area contributed by atoms with E-state index in [2.05, 4.69) is 10.4 Å². The highest BCUT2D eigenvalue weighted by Crippen LogP contribution is 2.16. The van der Waals surface area contributed by atoms with Crippen LogP contribution < -0.4 is 11.1 Å². The molecule has 0 aliphatic rings. The molecular formula is C17H14N4O2. The average Bonchev–Trinajstić information content (AvgIpc) is 2.98. The fourth-order valence-corrected chi connectivity index (χ4v) is 2.14. The molecule has 6 nitrogen and oxygen atoms in total. The van der Waals surface area contributed by atoms with Crippen LogP contribution in [0.3, 0.4) is 0 Å². The Morgan fingerprint density at radius 1 is 0.913 bits per heavy atom. The average molecular weight is 306 g/mol. The molecule has 0 unspecified atom stereocenters. The van der Waals surface area contributed by atoms with Gasteiger partial charge in [0.05, 0.1) is 11.9 Å². The summed E-state index contributed by atoms with van der Waals surface area (Å²) in [5.41, 5.74) is 7.26. The summed E-state index contributed by atoms with van der Waals surface area (Å²) < 4.78 is 1.45. The van der Waals surface area contributed by atoms with Crippen LogP contribution in [-0.4, -0.2) is 21.6 Å². The Bertz CT molecular complexity index is 842. The van der Waals surface area contributed by atoms with Crippen LogP contribution in [0.1, 0.15) is 20.7 Å². The van der Waals surface area contributed by atoms with Crippen molar-refractivity contribution in [3.63, 3.8) is 0 Å². The van der Waals surface area contributed by atoms with Crippen LogP contribution in [0.25, 0.3) is 5.69 Å². The summed E-state index contributed by atoms with van der Waals surface area (Å²) in [4.78, 5) is 24.2. The van der Waals surface area contributed by atoms with Crippen LogP contribution in [0.5, 0.6) is 0 Å². The first-order valence-electron chi connectivity index (χ1n) is 6.96. The minimum atomic E-state index is -0.585. The lowest BCUT2D eigenvalue weighted by Gasteiger charge is -2.05. The standard InChI is InChI=1S/C17H14N4O2/c18-15-14(11-19-21(15)13-9-5-2-6-10-13)17(23)20-16(22)12-7-3-1-4-8-12/h1-11H,18H2,(H,20,22,23). The Morgan fingerprint density at radius 3 is 2.17 bits per heavy atom. The zero-order valence-corrected chi connectivity index (χ0v) is 12.1. The molecule has 2 aromatic carbocycles. The second-order valence-electron chi connectivity index (χ2n) is 4.84. The maximum atomic E-state index is 12.2. The van der Waals surface area contributed by atoms with Crippen LogP contribution in [0.15, 0.2) is 66.9 Å². The molecule has 3 aromatic rings. The van der Waals surface area contributed by atoms with Gasteiger partial charge in [-0.2, -0.15) is 5.10 Å². The summed E-state index contributed by atoms with van der Waals surface area (Å²) in [6, 6.07) is 17.7. The zero-order chi connectivity index (χ0) is 16.2. The Kier molecular flexibility index (Phi) is 3.88. The second-order valence-corrected chi connectivity index (χ2v) is 4.84. The molecule has 0 radical (unpaired) electrons. The van der Waals surface area contributed by atoms with Gasteiger partial charge in [-0.25, -0.2) is 4.68 Å². The number of carbonyl (C=O) groups excluding carboxylic acids is 2. The summed E-state index contributed by atoms with van der Waals surface area (Å²) in [6.07, 6.45) is 1.34. The number of nitrogen functional groups attached to an aromatic ring is 1. The Hall–Kier alpha value is -3.41. The van der Waals surface area contributed by atoms with Crippen LogP contribution >= 0.6 is 0 Å². The zero-order valence-electron chi connectivity index (χ0n) is 12.1. The minimum Gasteiger partial charge on any atom is -0.383 e. The van der Waals surface area contributed by atoms with E-state index in [4.69, 9.17) is 5.73 Å². The number of nitrogens with zero attached hydrogens (tertiary/aromatic N) is 2. The number of hydrogen-bond donors (Lipinski definition) is 2. The lowest BCUT2D eigenvalue weighted by molar-refractivity contribution is 0.0850. The molecule has 1 aromatic heterocycles. The molecule has 0 aliphatic heterocycles. The number of anilines is 1. The fourth-order valence-electron chi connectivity index (χ4n) is 2.14. The van der Waals surface area contributed by atoms with E-state index >= 15 is 0 Å². The largest absolute Gasteiger partial charge is 0.383 e. The molecule has 0 atom stereocenters.